The number of carbonyl (C=O) groups is 3. The van der Waals surface area contributed by atoms with Gasteiger partial charge in [0.15, 0.2) is 0 Å². The number of rotatable bonds is 3. The Kier molecular flexibility index (Phi) is 7.43. The highest BCUT2D eigenvalue weighted by Gasteiger charge is 2.35. The summed E-state index contributed by atoms with van der Waals surface area (Å²) in [5.74, 6) is -0.0404. The monoisotopic (exact) mass is 506 g/mol. The molecule has 0 radical (unpaired) electrons. The maximum absolute atomic E-state index is 13.3. The Morgan fingerprint density at radius 2 is 1.62 bits per heavy atom. The van der Waals surface area contributed by atoms with Crippen LogP contribution in [-0.2, 0) is 14.3 Å². The highest BCUT2D eigenvalue weighted by Crippen LogP contribution is 2.39. The summed E-state index contributed by atoms with van der Waals surface area (Å²) in [5.41, 5.74) is 3.79. The van der Waals surface area contributed by atoms with Gasteiger partial charge in [0.05, 0.1) is 30.6 Å². The summed E-state index contributed by atoms with van der Waals surface area (Å²) in [6.45, 7) is 8.01. The third kappa shape index (κ3) is 5.33. The van der Waals surface area contributed by atoms with Gasteiger partial charge in [0, 0.05) is 58.1 Å². The number of anilines is 2. The zero-order chi connectivity index (χ0) is 25.9. The van der Waals surface area contributed by atoms with E-state index in [9.17, 15) is 14.4 Å². The molecule has 0 aliphatic carbocycles. The highest BCUT2D eigenvalue weighted by atomic mass is 16.6. The number of nitrogens with zero attached hydrogens (tertiary/aromatic N) is 3. The minimum Gasteiger partial charge on any atom is -0.446 e. The normalized spacial score (nSPS) is 20.4. The lowest BCUT2D eigenvalue weighted by Gasteiger charge is -2.41. The molecule has 0 aromatic heterocycles. The third-order valence-electron chi connectivity index (χ3n) is 7.28. The molecule has 37 heavy (non-hydrogen) atoms. The Balaban J connectivity index is 1.42. The van der Waals surface area contributed by atoms with Crippen molar-refractivity contribution in [3.63, 3.8) is 0 Å². The largest absolute Gasteiger partial charge is 0.446 e. The van der Waals surface area contributed by atoms with Crippen LogP contribution in [0.4, 0.5) is 16.2 Å². The Morgan fingerprint density at radius 3 is 2.30 bits per heavy atom. The van der Waals surface area contributed by atoms with E-state index in [0.29, 0.717) is 62.6 Å². The number of fused-ring (bicyclic) bond motifs is 1. The third-order valence-corrected chi connectivity index (χ3v) is 7.28. The van der Waals surface area contributed by atoms with E-state index in [2.05, 4.69) is 5.32 Å². The van der Waals surface area contributed by atoms with Crippen LogP contribution in [0.1, 0.15) is 37.0 Å². The fourth-order valence-corrected chi connectivity index (χ4v) is 5.31. The van der Waals surface area contributed by atoms with Crippen LogP contribution >= 0.6 is 0 Å². The molecule has 9 nitrogen and oxygen atoms in total. The smallest absolute Gasteiger partial charge is 0.414 e. The Bertz CT molecular complexity index is 1160. The van der Waals surface area contributed by atoms with Crippen molar-refractivity contribution in [3.8, 4) is 11.1 Å². The summed E-state index contributed by atoms with van der Waals surface area (Å²) >= 11 is 0. The quantitative estimate of drug-likeness (QED) is 0.687. The molecule has 1 atom stereocenters. The van der Waals surface area contributed by atoms with Crippen LogP contribution in [-0.4, -0.2) is 80.9 Å². The lowest BCUT2D eigenvalue weighted by molar-refractivity contribution is -0.117. The number of amides is 3. The van der Waals surface area contributed by atoms with Crippen molar-refractivity contribution in [2.24, 2.45) is 0 Å². The maximum atomic E-state index is 13.3. The number of carbonyl (C=O) groups excluding carboxylic acids is 3. The minimum atomic E-state index is -0.405. The van der Waals surface area contributed by atoms with Crippen molar-refractivity contribution in [2.75, 3.05) is 55.7 Å². The standard InChI is InChI=1S/C28H34N4O5/c1-19-18-31(28(35)37-24-9-15-36-16-10-24)26-17-23(7-8-25(26)32(19)20(2)33)21-3-5-22(6-4-21)27(34)30-13-11-29-12-14-30/h3-8,17,19,24,29H,9-16,18H2,1-2H3/t19-/m0/s1. The summed E-state index contributed by atoms with van der Waals surface area (Å²) in [7, 11) is 0. The molecule has 3 aliphatic heterocycles. The minimum absolute atomic E-state index is 0.0339. The molecule has 2 aromatic carbocycles. The number of hydrogen-bond acceptors (Lipinski definition) is 6. The van der Waals surface area contributed by atoms with E-state index >= 15 is 0 Å². The fraction of sp³-hybridized carbons (Fsp3) is 0.464. The zero-order valence-electron chi connectivity index (χ0n) is 21.4. The first-order valence-corrected chi connectivity index (χ1v) is 13.0. The summed E-state index contributed by atoms with van der Waals surface area (Å²) in [6, 6.07) is 13.1. The van der Waals surface area contributed by atoms with Crippen molar-refractivity contribution >= 4 is 29.3 Å². The summed E-state index contributed by atoms with van der Waals surface area (Å²) in [4.78, 5) is 43.9. The summed E-state index contributed by atoms with van der Waals surface area (Å²) in [6.07, 6.45) is 0.786. The topological polar surface area (TPSA) is 91.4 Å². The first-order valence-electron chi connectivity index (χ1n) is 13.0. The molecule has 5 rings (SSSR count). The average Bonchev–Trinajstić information content (AvgIpc) is 2.93. The van der Waals surface area contributed by atoms with Crippen molar-refractivity contribution < 1.29 is 23.9 Å². The van der Waals surface area contributed by atoms with Gasteiger partial charge in [0.2, 0.25) is 5.91 Å². The predicted molar refractivity (Wildman–Crippen MR) is 141 cm³/mol. The molecule has 1 N–H and O–H groups in total. The molecule has 0 unspecified atom stereocenters. The van der Waals surface area contributed by atoms with Gasteiger partial charge in [-0.15, -0.1) is 0 Å². The maximum Gasteiger partial charge on any atom is 0.414 e. The molecule has 3 aliphatic rings. The fourth-order valence-electron chi connectivity index (χ4n) is 5.31. The molecule has 2 fully saturated rings. The number of ether oxygens (including phenoxy) is 2. The van der Waals surface area contributed by atoms with Gasteiger partial charge in [-0.3, -0.25) is 14.5 Å². The summed E-state index contributed by atoms with van der Waals surface area (Å²) in [5, 5.41) is 3.26. The molecule has 2 saturated heterocycles. The number of piperazine rings is 1. The lowest BCUT2D eigenvalue weighted by Crippen LogP contribution is -2.52. The van der Waals surface area contributed by atoms with Crippen LogP contribution in [0.3, 0.4) is 0 Å². The van der Waals surface area contributed by atoms with E-state index in [4.69, 9.17) is 9.47 Å². The first-order chi connectivity index (χ1) is 17.9. The van der Waals surface area contributed by atoms with Gasteiger partial charge in [-0.25, -0.2) is 4.79 Å². The highest BCUT2D eigenvalue weighted by molar-refractivity contribution is 6.03. The van der Waals surface area contributed by atoms with Gasteiger partial charge in [-0.1, -0.05) is 18.2 Å². The van der Waals surface area contributed by atoms with Gasteiger partial charge >= 0.3 is 6.09 Å². The van der Waals surface area contributed by atoms with E-state index in [1.165, 1.54) is 0 Å². The second-order valence-corrected chi connectivity index (χ2v) is 9.87. The molecule has 9 heteroatoms. The second-order valence-electron chi connectivity index (χ2n) is 9.87. The van der Waals surface area contributed by atoms with E-state index in [1.807, 2.05) is 54.3 Å². The Hall–Kier alpha value is -3.43. The van der Waals surface area contributed by atoms with Crippen LogP contribution in [0, 0.1) is 0 Å². The summed E-state index contributed by atoms with van der Waals surface area (Å²) < 4.78 is 11.2. The van der Waals surface area contributed by atoms with Crippen LogP contribution in [0.25, 0.3) is 11.1 Å². The number of benzene rings is 2. The number of hydrogen-bond donors (Lipinski definition) is 1. The van der Waals surface area contributed by atoms with Crippen LogP contribution < -0.4 is 15.1 Å². The van der Waals surface area contributed by atoms with E-state index in [1.54, 1.807) is 16.7 Å². The van der Waals surface area contributed by atoms with E-state index < -0.39 is 6.09 Å². The van der Waals surface area contributed by atoms with Gasteiger partial charge < -0.3 is 24.6 Å². The molecule has 196 valence electrons. The van der Waals surface area contributed by atoms with Crippen molar-refractivity contribution in [1.82, 2.24) is 10.2 Å². The predicted octanol–water partition coefficient (Wildman–Crippen LogP) is 3.28. The number of nitrogens with one attached hydrogen (secondary N) is 1. The van der Waals surface area contributed by atoms with E-state index in [0.717, 1.165) is 24.2 Å². The SMILES string of the molecule is CC(=O)N1c2ccc(-c3ccc(C(=O)N4CCNCC4)cc3)cc2N(C(=O)OC2CCOCC2)C[C@@H]1C. The van der Waals surface area contributed by atoms with Crippen LogP contribution in [0.2, 0.25) is 0 Å². The Morgan fingerprint density at radius 1 is 0.946 bits per heavy atom. The molecule has 0 saturated carbocycles. The zero-order valence-corrected chi connectivity index (χ0v) is 21.4. The first kappa shape index (κ1) is 25.2. The lowest BCUT2D eigenvalue weighted by atomic mass is 9.99. The Labute approximate surface area is 217 Å². The van der Waals surface area contributed by atoms with Gasteiger partial charge in [0.1, 0.15) is 6.10 Å². The van der Waals surface area contributed by atoms with Crippen molar-refractivity contribution in [3.05, 3.63) is 48.0 Å². The molecule has 0 spiro atoms. The average molecular weight is 507 g/mol. The molecular formula is C28H34N4O5. The molecule has 3 amide bonds. The van der Waals surface area contributed by atoms with Gasteiger partial charge in [0.25, 0.3) is 5.91 Å². The molecule has 3 heterocycles. The van der Waals surface area contributed by atoms with Gasteiger partial charge in [-0.2, -0.15) is 0 Å². The van der Waals surface area contributed by atoms with Crippen LogP contribution in [0.5, 0.6) is 0 Å². The van der Waals surface area contributed by atoms with Gasteiger partial charge in [-0.05, 0) is 42.3 Å². The van der Waals surface area contributed by atoms with Crippen LogP contribution in [0.15, 0.2) is 42.5 Å². The molecular weight excluding hydrogens is 472 g/mol. The van der Waals surface area contributed by atoms with Crippen molar-refractivity contribution in [2.45, 2.75) is 38.8 Å². The molecule has 0 bridgehead atoms. The van der Waals surface area contributed by atoms with E-state index in [-0.39, 0.29) is 24.0 Å². The molecule has 2 aromatic rings. The van der Waals surface area contributed by atoms with Crippen molar-refractivity contribution in [1.29, 1.82) is 0 Å². The second kappa shape index (κ2) is 10.9.